The Kier molecular flexibility index (Phi) is 2.66. The van der Waals surface area contributed by atoms with Gasteiger partial charge in [-0.2, -0.15) is 0 Å². The molecule has 0 saturated carbocycles. The van der Waals surface area contributed by atoms with E-state index in [1.165, 1.54) is 6.21 Å². The smallest absolute Gasteiger partial charge is 0.260 e. The van der Waals surface area contributed by atoms with Crippen LogP contribution in [0.3, 0.4) is 0 Å². The van der Waals surface area contributed by atoms with Crippen molar-refractivity contribution < 1.29 is 13.5 Å². The summed E-state index contributed by atoms with van der Waals surface area (Å²) in [7, 11) is 0. The molecule has 7 nitrogen and oxygen atoms in total. The first kappa shape index (κ1) is 9.44. The van der Waals surface area contributed by atoms with Gasteiger partial charge in [-0.1, -0.05) is 0 Å². The molecule has 0 aliphatic carbocycles. The number of hydrogen-bond donors (Lipinski definition) is 2. The average molecular weight is 216 g/mol. The summed E-state index contributed by atoms with van der Waals surface area (Å²) in [6.45, 7) is 0.139. The molecule has 2 aliphatic heterocycles. The molecule has 14 heavy (non-hydrogen) atoms. The molecule has 76 valence electrons. The van der Waals surface area contributed by atoms with Gasteiger partial charge in [-0.25, -0.2) is 9.20 Å². The van der Waals surface area contributed by atoms with Crippen LogP contribution in [0.5, 0.6) is 0 Å². The van der Waals surface area contributed by atoms with Gasteiger partial charge in [0.05, 0.1) is 0 Å². The fourth-order valence-corrected chi connectivity index (χ4v) is 1.46. The molecule has 2 N–H and O–H groups in total. The van der Waals surface area contributed by atoms with Crippen molar-refractivity contribution in [2.24, 2.45) is 15.0 Å². The lowest BCUT2D eigenvalue weighted by Gasteiger charge is -2.25. The number of nitrogens with zero attached hydrogens (tertiary/aromatic N) is 3. The molecule has 3 atom stereocenters. The van der Waals surface area contributed by atoms with Crippen LogP contribution in [-0.4, -0.2) is 46.0 Å². The van der Waals surface area contributed by atoms with Crippen LogP contribution in [0.1, 0.15) is 0 Å². The zero-order valence-corrected chi connectivity index (χ0v) is 7.85. The molecule has 2 heterocycles. The molecule has 0 aromatic heterocycles. The lowest BCUT2D eigenvalue weighted by atomic mass is 10.3. The summed E-state index contributed by atoms with van der Waals surface area (Å²) in [4.78, 5) is 12.1. The molecule has 0 spiro atoms. The van der Waals surface area contributed by atoms with Gasteiger partial charge in [-0.3, -0.25) is 19.3 Å². The first-order valence-electron chi connectivity index (χ1n) is 3.86. The number of amidine groups is 1. The Morgan fingerprint density at radius 2 is 2.36 bits per heavy atom. The minimum atomic E-state index is -2.13. The molecular weight excluding hydrogens is 208 g/mol. The van der Waals surface area contributed by atoms with E-state index in [-0.39, 0.29) is 6.61 Å². The molecule has 2 rings (SSSR count). The van der Waals surface area contributed by atoms with Gasteiger partial charge < -0.3 is 4.74 Å². The largest absolute Gasteiger partial charge is 0.344 e. The predicted molar refractivity (Wildman–Crippen MR) is 51.9 cm³/mol. The Morgan fingerprint density at radius 3 is 3.14 bits per heavy atom. The third-order valence-electron chi connectivity index (χ3n) is 1.68. The van der Waals surface area contributed by atoms with Gasteiger partial charge in [0.25, 0.3) is 11.3 Å². The zero-order chi connectivity index (χ0) is 9.97. The van der Waals surface area contributed by atoms with Crippen molar-refractivity contribution in [2.45, 2.75) is 12.4 Å². The highest BCUT2D eigenvalue weighted by Crippen LogP contribution is 2.13. The molecule has 2 aliphatic rings. The summed E-state index contributed by atoms with van der Waals surface area (Å²) >= 11 is -2.13. The standard InChI is InChI=1S/C6H8N4O3S/c11-14(12)10-4-3-13-6-5(9-4)7-1-2-8-6/h1-2,5-6H,3H2,(H,9,10)(H,11,12). The lowest BCUT2D eigenvalue weighted by molar-refractivity contribution is 0.0590. The molecule has 0 bridgehead atoms. The Balaban J connectivity index is 2.09. The summed E-state index contributed by atoms with van der Waals surface area (Å²) in [5.41, 5.74) is 0. The van der Waals surface area contributed by atoms with Gasteiger partial charge in [0, 0.05) is 12.4 Å². The molecule has 0 fully saturated rings. The van der Waals surface area contributed by atoms with E-state index in [1.54, 1.807) is 6.21 Å². The van der Waals surface area contributed by atoms with Crippen molar-refractivity contribution in [1.29, 1.82) is 0 Å². The quantitative estimate of drug-likeness (QED) is 0.547. The second kappa shape index (κ2) is 3.95. The topological polar surface area (TPSA) is 95.6 Å². The minimum absolute atomic E-state index is 0.139. The molecule has 0 amide bonds. The van der Waals surface area contributed by atoms with Crippen molar-refractivity contribution >= 4 is 29.5 Å². The van der Waals surface area contributed by atoms with Gasteiger partial charge >= 0.3 is 0 Å². The first-order valence-corrected chi connectivity index (χ1v) is 4.97. The van der Waals surface area contributed by atoms with Crippen LogP contribution in [0, 0.1) is 0 Å². The number of hydrogen-bond acceptors (Lipinski definition) is 5. The molecular formula is C6H8N4O3S. The van der Waals surface area contributed by atoms with E-state index in [1.807, 2.05) is 0 Å². The fourth-order valence-electron chi connectivity index (χ4n) is 1.14. The Hall–Kier alpha value is -1.12. The van der Waals surface area contributed by atoms with Crippen LogP contribution in [0.2, 0.25) is 0 Å². The SMILES string of the molecule is O=S(O)NC1=NC2N=CC=NC2OC1. The monoisotopic (exact) mass is 216 g/mol. The van der Waals surface area contributed by atoms with Crippen LogP contribution in [-0.2, 0) is 16.0 Å². The number of nitrogens with one attached hydrogen (secondary N) is 1. The van der Waals surface area contributed by atoms with Crippen LogP contribution >= 0.6 is 0 Å². The molecule has 8 heteroatoms. The maximum atomic E-state index is 10.4. The minimum Gasteiger partial charge on any atom is -0.344 e. The van der Waals surface area contributed by atoms with Crippen LogP contribution < -0.4 is 4.72 Å². The summed E-state index contributed by atoms with van der Waals surface area (Å²) in [5, 5.41) is 0. The number of rotatable bonds is 1. The van der Waals surface area contributed by atoms with E-state index in [4.69, 9.17) is 9.29 Å². The van der Waals surface area contributed by atoms with Crippen molar-refractivity contribution in [3.05, 3.63) is 0 Å². The fraction of sp³-hybridized carbons (Fsp3) is 0.500. The second-order valence-electron chi connectivity index (χ2n) is 2.64. The van der Waals surface area contributed by atoms with Gasteiger partial charge in [0.1, 0.15) is 12.4 Å². The first-order chi connectivity index (χ1) is 6.75. The number of ether oxygens (including phenoxy) is 1. The van der Waals surface area contributed by atoms with Crippen molar-refractivity contribution in [2.75, 3.05) is 6.61 Å². The van der Waals surface area contributed by atoms with E-state index < -0.39 is 23.7 Å². The Labute approximate surface area is 82.4 Å². The zero-order valence-electron chi connectivity index (χ0n) is 7.03. The summed E-state index contributed by atoms with van der Waals surface area (Å²) in [5.74, 6) is 0.307. The number of fused-ring (bicyclic) bond motifs is 1. The van der Waals surface area contributed by atoms with Gasteiger partial charge in [-0.05, 0) is 0 Å². The van der Waals surface area contributed by atoms with E-state index in [9.17, 15) is 4.21 Å². The third-order valence-corrected chi connectivity index (χ3v) is 2.09. The second-order valence-corrected chi connectivity index (χ2v) is 3.34. The van der Waals surface area contributed by atoms with Crippen LogP contribution in [0.15, 0.2) is 15.0 Å². The Morgan fingerprint density at radius 1 is 1.57 bits per heavy atom. The van der Waals surface area contributed by atoms with Crippen molar-refractivity contribution in [1.82, 2.24) is 4.72 Å². The molecule has 3 unspecified atom stereocenters. The van der Waals surface area contributed by atoms with E-state index >= 15 is 0 Å². The van der Waals surface area contributed by atoms with Crippen molar-refractivity contribution in [3.8, 4) is 0 Å². The highest BCUT2D eigenvalue weighted by molar-refractivity contribution is 7.77. The highest BCUT2D eigenvalue weighted by Gasteiger charge is 2.26. The van der Waals surface area contributed by atoms with Crippen molar-refractivity contribution in [3.63, 3.8) is 0 Å². The normalized spacial score (nSPS) is 31.9. The summed E-state index contributed by atoms with van der Waals surface area (Å²) < 4.78 is 26.5. The molecule has 0 radical (unpaired) electrons. The van der Waals surface area contributed by atoms with Crippen LogP contribution in [0.25, 0.3) is 0 Å². The Bertz CT molecular complexity index is 340. The predicted octanol–water partition coefficient (Wildman–Crippen LogP) is -1.05. The lowest BCUT2D eigenvalue weighted by Crippen LogP contribution is -2.41. The van der Waals surface area contributed by atoms with Crippen LogP contribution in [0.4, 0.5) is 0 Å². The van der Waals surface area contributed by atoms with Gasteiger partial charge in [0.2, 0.25) is 0 Å². The maximum Gasteiger partial charge on any atom is 0.260 e. The van der Waals surface area contributed by atoms with Gasteiger partial charge in [0.15, 0.2) is 12.4 Å². The third kappa shape index (κ3) is 2.03. The number of aliphatic imine (C=N–C) groups is 3. The van der Waals surface area contributed by atoms with E-state index in [0.717, 1.165) is 0 Å². The van der Waals surface area contributed by atoms with E-state index in [0.29, 0.717) is 5.84 Å². The summed E-state index contributed by atoms with van der Waals surface area (Å²) in [6.07, 6.45) is 2.21. The average Bonchev–Trinajstić information content (AvgIpc) is 2.17. The highest BCUT2D eigenvalue weighted by atomic mass is 32.2. The van der Waals surface area contributed by atoms with Gasteiger partial charge in [-0.15, -0.1) is 0 Å². The summed E-state index contributed by atoms with van der Waals surface area (Å²) in [6, 6.07) is 0. The van der Waals surface area contributed by atoms with E-state index in [2.05, 4.69) is 19.7 Å². The molecule has 0 aromatic rings. The maximum absolute atomic E-state index is 10.4. The molecule has 0 saturated heterocycles. The molecule has 0 aromatic carbocycles.